The van der Waals surface area contributed by atoms with E-state index in [1.165, 1.54) is 27.9 Å². The van der Waals surface area contributed by atoms with E-state index in [-0.39, 0.29) is 0 Å². The monoisotopic (exact) mass is 240 g/mol. The molecular weight excluding hydrogens is 220 g/mol. The normalized spacial score (nSPS) is 10.4. The average Bonchev–Trinajstić information content (AvgIpc) is 2.37. The molecule has 0 aliphatic heterocycles. The predicted molar refractivity (Wildman–Crippen MR) is 78.8 cm³/mol. The Labute approximate surface area is 109 Å². The van der Waals surface area contributed by atoms with E-state index in [9.17, 15) is 0 Å². The molecule has 0 amide bonds. The van der Waals surface area contributed by atoms with Crippen molar-refractivity contribution >= 4 is 11.4 Å². The molecule has 0 aromatic heterocycles. The Balaban J connectivity index is 2.11. The maximum Gasteiger partial charge on any atom is 0.0400 e. The largest absolute Gasteiger partial charge is 0.399 e. The Bertz CT molecular complexity index is 542. The summed E-state index contributed by atoms with van der Waals surface area (Å²) in [5.41, 5.74) is 12.9. The van der Waals surface area contributed by atoms with Crippen LogP contribution in [0.5, 0.6) is 0 Å². The molecule has 0 aliphatic rings. The molecule has 3 N–H and O–H groups in total. The van der Waals surface area contributed by atoms with Crippen molar-refractivity contribution in [1.82, 2.24) is 0 Å². The minimum Gasteiger partial charge on any atom is -0.399 e. The third kappa shape index (κ3) is 2.65. The fraction of sp³-hybridized carbons (Fsp3) is 0.250. The molecule has 0 saturated carbocycles. The summed E-state index contributed by atoms with van der Waals surface area (Å²) in [6.45, 7) is 7.29. The maximum atomic E-state index is 5.67. The lowest BCUT2D eigenvalue weighted by atomic mass is 10.0. The van der Waals surface area contributed by atoms with E-state index in [0.717, 1.165) is 12.2 Å². The van der Waals surface area contributed by atoms with Gasteiger partial charge in [-0.3, -0.25) is 0 Å². The predicted octanol–water partition coefficient (Wildman–Crippen LogP) is 3.81. The number of aryl methyl sites for hydroxylation is 1. The average molecular weight is 240 g/mol. The van der Waals surface area contributed by atoms with Gasteiger partial charge in [0, 0.05) is 17.9 Å². The van der Waals surface area contributed by atoms with Crippen LogP contribution in [0.25, 0.3) is 0 Å². The molecule has 0 saturated heterocycles. The third-order valence-corrected chi connectivity index (χ3v) is 3.52. The molecular formula is C16H20N2. The van der Waals surface area contributed by atoms with Crippen molar-refractivity contribution in [2.45, 2.75) is 27.3 Å². The van der Waals surface area contributed by atoms with Crippen LogP contribution in [0.1, 0.15) is 22.3 Å². The molecule has 18 heavy (non-hydrogen) atoms. The summed E-state index contributed by atoms with van der Waals surface area (Å²) in [5.74, 6) is 0. The van der Waals surface area contributed by atoms with Gasteiger partial charge in [0.1, 0.15) is 0 Å². The number of benzene rings is 2. The fourth-order valence-corrected chi connectivity index (χ4v) is 1.98. The summed E-state index contributed by atoms with van der Waals surface area (Å²) in [7, 11) is 0. The van der Waals surface area contributed by atoms with E-state index in [2.05, 4.69) is 50.4 Å². The first-order chi connectivity index (χ1) is 8.58. The minimum atomic E-state index is 0.807. The molecule has 0 aliphatic carbocycles. The van der Waals surface area contributed by atoms with Crippen molar-refractivity contribution in [2.75, 3.05) is 11.1 Å². The molecule has 0 unspecified atom stereocenters. The van der Waals surface area contributed by atoms with Gasteiger partial charge >= 0.3 is 0 Å². The zero-order valence-corrected chi connectivity index (χ0v) is 11.2. The topological polar surface area (TPSA) is 38.0 Å². The molecule has 2 rings (SSSR count). The zero-order valence-electron chi connectivity index (χ0n) is 11.2. The van der Waals surface area contributed by atoms with Crippen LogP contribution in [0.4, 0.5) is 11.4 Å². The van der Waals surface area contributed by atoms with Crippen LogP contribution in [0.15, 0.2) is 36.4 Å². The smallest absolute Gasteiger partial charge is 0.0400 e. The van der Waals surface area contributed by atoms with E-state index in [0.29, 0.717) is 0 Å². The number of anilines is 2. The Morgan fingerprint density at radius 3 is 2.22 bits per heavy atom. The van der Waals surface area contributed by atoms with Gasteiger partial charge in [-0.05, 0) is 61.2 Å². The summed E-state index contributed by atoms with van der Waals surface area (Å²) < 4.78 is 0. The number of hydrogen-bond acceptors (Lipinski definition) is 2. The maximum absolute atomic E-state index is 5.67. The molecule has 94 valence electrons. The fourth-order valence-electron chi connectivity index (χ4n) is 1.98. The van der Waals surface area contributed by atoms with Gasteiger partial charge in [0.15, 0.2) is 0 Å². The molecule has 2 aromatic rings. The van der Waals surface area contributed by atoms with Gasteiger partial charge in [-0.15, -0.1) is 0 Å². The highest BCUT2D eigenvalue weighted by molar-refractivity contribution is 5.56. The molecule has 0 spiro atoms. The Kier molecular flexibility index (Phi) is 3.56. The van der Waals surface area contributed by atoms with Crippen molar-refractivity contribution < 1.29 is 0 Å². The lowest BCUT2D eigenvalue weighted by Crippen LogP contribution is -2.02. The van der Waals surface area contributed by atoms with E-state index >= 15 is 0 Å². The molecule has 0 fully saturated rings. The Morgan fingerprint density at radius 1 is 0.889 bits per heavy atom. The van der Waals surface area contributed by atoms with Gasteiger partial charge in [0.2, 0.25) is 0 Å². The highest BCUT2D eigenvalue weighted by atomic mass is 14.9. The summed E-state index contributed by atoms with van der Waals surface area (Å²) >= 11 is 0. The van der Waals surface area contributed by atoms with E-state index < -0.39 is 0 Å². The second-order valence-electron chi connectivity index (χ2n) is 4.78. The van der Waals surface area contributed by atoms with Gasteiger partial charge in [-0.2, -0.15) is 0 Å². The third-order valence-electron chi connectivity index (χ3n) is 3.52. The summed E-state index contributed by atoms with van der Waals surface area (Å²) in [5, 5.41) is 3.48. The molecule has 2 nitrogen and oxygen atoms in total. The van der Waals surface area contributed by atoms with Crippen molar-refractivity contribution in [3.63, 3.8) is 0 Å². The zero-order chi connectivity index (χ0) is 13.1. The van der Waals surface area contributed by atoms with E-state index in [4.69, 9.17) is 5.73 Å². The van der Waals surface area contributed by atoms with Crippen molar-refractivity contribution in [3.8, 4) is 0 Å². The second kappa shape index (κ2) is 5.13. The van der Waals surface area contributed by atoms with Gasteiger partial charge in [-0.25, -0.2) is 0 Å². The van der Waals surface area contributed by atoms with Crippen molar-refractivity contribution in [2.24, 2.45) is 0 Å². The standard InChI is InChI=1S/C16H20N2/c1-11-4-9-16(13(3)12(11)2)18-10-14-5-7-15(17)8-6-14/h4-9,18H,10,17H2,1-3H3. The number of nitrogens with one attached hydrogen (secondary N) is 1. The SMILES string of the molecule is Cc1ccc(NCc2ccc(N)cc2)c(C)c1C. The van der Waals surface area contributed by atoms with Crippen LogP contribution in [-0.4, -0.2) is 0 Å². The molecule has 0 heterocycles. The number of nitrogens with two attached hydrogens (primary N) is 1. The van der Waals surface area contributed by atoms with Crippen molar-refractivity contribution in [1.29, 1.82) is 0 Å². The van der Waals surface area contributed by atoms with Gasteiger partial charge in [0.05, 0.1) is 0 Å². The second-order valence-corrected chi connectivity index (χ2v) is 4.78. The molecule has 0 atom stereocenters. The van der Waals surface area contributed by atoms with Crippen LogP contribution in [0, 0.1) is 20.8 Å². The first-order valence-electron chi connectivity index (χ1n) is 6.23. The van der Waals surface area contributed by atoms with Crippen molar-refractivity contribution in [3.05, 3.63) is 58.7 Å². The van der Waals surface area contributed by atoms with Crippen LogP contribution in [0.2, 0.25) is 0 Å². The Hall–Kier alpha value is -1.96. The molecule has 0 radical (unpaired) electrons. The highest BCUT2D eigenvalue weighted by Crippen LogP contribution is 2.22. The lowest BCUT2D eigenvalue weighted by Gasteiger charge is -2.13. The summed E-state index contributed by atoms with van der Waals surface area (Å²) in [6, 6.07) is 12.3. The number of nitrogen functional groups attached to an aromatic ring is 1. The van der Waals surface area contributed by atoms with Crippen LogP contribution < -0.4 is 11.1 Å². The van der Waals surface area contributed by atoms with Gasteiger partial charge < -0.3 is 11.1 Å². The lowest BCUT2D eigenvalue weighted by molar-refractivity contribution is 1.13. The number of rotatable bonds is 3. The quantitative estimate of drug-likeness (QED) is 0.801. The summed E-state index contributed by atoms with van der Waals surface area (Å²) in [4.78, 5) is 0. The first-order valence-corrected chi connectivity index (χ1v) is 6.23. The van der Waals surface area contributed by atoms with E-state index in [1.807, 2.05) is 12.1 Å². The van der Waals surface area contributed by atoms with E-state index in [1.54, 1.807) is 0 Å². The van der Waals surface area contributed by atoms with Crippen LogP contribution in [0.3, 0.4) is 0 Å². The minimum absolute atomic E-state index is 0.807. The summed E-state index contributed by atoms with van der Waals surface area (Å²) in [6.07, 6.45) is 0. The molecule has 0 bridgehead atoms. The van der Waals surface area contributed by atoms with Crippen LogP contribution in [-0.2, 0) is 6.54 Å². The van der Waals surface area contributed by atoms with Gasteiger partial charge in [-0.1, -0.05) is 18.2 Å². The highest BCUT2D eigenvalue weighted by Gasteiger charge is 2.03. The van der Waals surface area contributed by atoms with Gasteiger partial charge in [0.25, 0.3) is 0 Å². The number of hydrogen-bond donors (Lipinski definition) is 2. The molecule has 2 heteroatoms. The molecule has 2 aromatic carbocycles. The van der Waals surface area contributed by atoms with Crippen LogP contribution >= 0.6 is 0 Å². The first kappa shape index (κ1) is 12.5. The Morgan fingerprint density at radius 2 is 1.56 bits per heavy atom.